The molecule has 2 rings (SSSR count). The summed E-state index contributed by atoms with van der Waals surface area (Å²) in [6.07, 6.45) is 1.58. The summed E-state index contributed by atoms with van der Waals surface area (Å²) < 4.78 is 5.17. The molecule has 0 bridgehead atoms. The summed E-state index contributed by atoms with van der Waals surface area (Å²) in [5, 5.41) is 11.3. The average Bonchev–Trinajstić information content (AvgIpc) is 3.28. The lowest BCUT2D eigenvalue weighted by Crippen LogP contribution is -2.40. The Kier molecular flexibility index (Phi) is 10.2. The molecule has 2 heterocycles. The SMILES string of the molecule is CCNC(=NCC(=O)NCc1ccco1)NCC(C)c1cccs1.I. The molecular weight excluding hydrogens is 451 g/mol. The number of nitrogens with one attached hydrogen (secondary N) is 3. The predicted octanol–water partition coefficient (Wildman–Crippen LogP) is 2.93. The molecule has 2 aromatic rings. The first kappa shape index (κ1) is 21.5. The van der Waals surface area contributed by atoms with E-state index in [0.717, 1.165) is 18.8 Å². The van der Waals surface area contributed by atoms with Crippen LogP contribution in [0.4, 0.5) is 0 Å². The Hall–Kier alpha value is -1.55. The number of nitrogens with zero attached hydrogens (tertiary/aromatic N) is 1. The van der Waals surface area contributed by atoms with E-state index < -0.39 is 0 Å². The fourth-order valence-electron chi connectivity index (χ4n) is 2.07. The van der Waals surface area contributed by atoms with Crippen molar-refractivity contribution in [3.05, 3.63) is 46.5 Å². The molecule has 0 aliphatic carbocycles. The van der Waals surface area contributed by atoms with E-state index in [2.05, 4.69) is 45.4 Å². The van der Waals surface area contributed by atoms with E-state index in [-0.39, 0.29) is 36.4 Å². The van der Waals surface area contributed by atoms with E-state index in [0.29, 0.717) is 18.4 Å². The van der Waals surface area contributed by atoms with E-state index in [9.17, 15) is 4.79 Å². The van der Waals surface area contributed by atoms with E-state index in [1.165, 1.54) is 4.88 Å². The molecule has 0 fully saturated rings. The molecule has 0 spiro atoms. The highest BCUT2D eigenvalue weighted by Crippen LogP contribution is 2.19. The average molecular weight is 476 g/mol. The van der Waals surface area contributed by atoms with Gasteiger partial charge in [0, 0.05) is 23.9 Å². The molecule has 0 aromatic carbocycles. The number of furan rings is 1. The Morgan fingerprint density at radius 1 is 1.28 bits per heavy atom. The van der Waals surface area contributed by atoms with Crippen LogP contribution >= 0.6 is 35.3 Å². The molecule has 2 aromatic heterocycles. The van der Waals surface area contributed by atoms with Gasteiger partial charge in [0.05, 0.1) is 12.8 Å². The van der Waals surface area contributed by atoms with Crippen LogP contribution in [-0.4, -0.2) is 31.5 Å². The van der Waals surface area contributed by atoms with Gasteiger partial charge in [0.2, 0.25) is 5.91 Å². The Labute approximate surface area is 169 Å². The normalized spacial score (nSPS) is 12.2. The zero-order valence-electron chi connectivity index (χ0n) is 14.5. The smallest absolute Gasteiger partial charge is 0.242 e. The number of thiophene rings is 1. The zero-order valence-corrected chi connectivity index (χ0v) is 17.6. The molecule has 0 radical (unpaired) electrons. The van der Waals surface area contributed by atoms with Crippen LogP contribution in [0, 0.1) is 0 Å². The van der Waals surface area contributed by atoms with Crippen LogP contribution in [0.1, 0.15) is 30.4 Å². The van der Waals surface area contributed by atoms with Gasteiger partial charge in [-0.3, -0.25) is 4.79 Å². The third kappa shape index (κ3) is 7.91. The summed E-state index contributed by atoms with van der Waals surface area (Å²) in [7, 11) is 0. The topological polar surface area (TPSA) is 78.7 Å². The highest BCUT2D eigenvalue weighted by molar-refractivity contribution is 14.0. The van der Waals surface area contributed by atoms with Crippen molar-refractivity contribution in [2.75, 3.05) is 19.6 Å². The minimum Gasteiger partial charge on any atom is -0.467 e. The van der Waals surface area contributed by atoms with Crippen LogP contribution in [0.25, 0.3) is 0 Å². The van der Waals surface area contributed by atoms with Crippen LogP contribution in [0.5, 0.6) is 0 Å². The quantitative estimate of drug-likeness (QED) is 0.311. The van der Waals surface area contributed by atoms with E-state index in [4.69, 9.17) is 4.42 Å². The Morgan fingerprint density at radius 3 is 2.76 bits per heavy atom. The summed E-state index contributed by atoms with van der Waals surface area (Å²) in [4.78, 5) is 17.5. The number of hydrogen-bond donors (Lipinski definition) is 3. The lowest BCUT2D eigenvalue weighted by molar-refractivity contribution is -0.119. The fraction of sp³-hybridized carbons (Fsp3) is 0.412. The Balaban J connectivity index is 0.00000312. The van der Waals surface area contributed by atoms with Gasteiger partial charge < -0.3 is 20.4 Å². The van der Waals surface area contributed by atoms with Gasteiger partial charge >= 0.3 is 0 Å². The van der Waals surface area contributed by atoms with Crippen LogP contribution in [0.2, 0.25) is 0 Å². The molecule has 0 saturated heterocycles. The number of carbonyl (C=O) groups is 1. The molecule has 0 saturated carbocycles. The van der Waals surface area contributed by atoms with Crippen molar-refractivity contribution < 1.29 is 9.21 Å². The number of halogens is 1. The summed E-state index contributed by atoms with van der Waals surface area (Å²) in [5.41, 5.74) is 0. The van der Waals surface area contributed by atoms with Crippen molar-refractivity contribution in [2.24, 2.45) is 4.99 Å². The maximum absolute atomic E-state index is 11.9. The number of aliphatic imine (C=N–C) groups is 1. The molecule has 3 N–H and O–H groups in total. The van der Waals surface area contributed by atoms with Gasteiger partial charge in [-0.1, -0.05) is 13.0 Å². The number of hydrogen-bond acceptors (Lipinski definition) is 4. The summed E-state index contributed by atoms with van der Waals surface area (Å²) in [6.45, 7) is 6.12. The predicted molar refractivity (Wildman–Crippen MR) is 113 cm³/mol. The standard InChI is InChI=1S/C17H24N4O2S.HI/c1-3-18-17(20-10-13(2)15-7-5-9-24-15)21-12-16(22)19-11-14-6-4-8-23-14;/h4-9,13H,3,10-12H2,1-2H3,(H,19,22)(H2,18,20,21);1H. The molecule has 1 amide bonds. The largest absolute Gasteiger partial charge is 0.467 e. The monoisotopic (exact) mass is 476 g/mol. The summed E-state index contributed by atoms with van der Waals surface area (Å²) in [5.74, 6) is 1.62. The molecule has 1 atom stereocenters. The van der Waals surface area contributed by atoms with Crippen LogP contribution in [0.15, 0.2) is 45.3 Å². The summed E-state index contributed by atoms with van der Waals surface area (Å²) >= 11 is 1.75. The highest BCUT2D eigenvalue weighted by atomic mass is 127. The number of amides is 1. The number of rotatable bonds is 8. The van der Waals surface area contributed by atoms with Gasteiger partial charge in [0.1, 0.15) is 12.3 Å². The highest BCUT2D eigenvalue weighted by Gasteiger charge is 2.08. The Morgan fingerprint density at radius 2 is 2.12 bits per heavy atom. The maximum atomic E-state index is 11.9. The van der Waals surface area contributed by atoms with Gasteiger partial charge in [-0.05, 0) is 30.5 Å². The molecule has 0 aliphatic rings. The lowest BCUT2D eigenvalue weighted by atomic mass is 10.1. The molecule has 1 unspecified atom stereocenters. The van der Waals surface area contributed by atoms with Crippen molar-refractivity contribution in [2.45, 2.75) is 26.3 Å². The van der Waals surface area contributed by atoms with E-state index >= 15 is 0 Å². The van der Waals surface area contributed by atoms with Crippen molar-refractivity contribution >= 4 is 47.2 Å². The van der Waals surface area contributed by atoms with Crippen LogP contribution in [0.3, 0.4) is 0 Å². The minimum absolute atomic E-state index is 0. The van der Waals surface area contributed by atoms with Crippen molar-refractivity contribution in [1.29, 1.82) is 0 Å². The van der Waals surface area contributed by atoms with Gasteiger partial charge in [-0.25, -0.2) is 4.99 Å². The van der Waals surface area contributed by atoms with Crippen molar-refractivity contribution in [1.82, 2.24) is 16.0 Å². The Bertz CT molecular complexity index is 629. The van der Waals surface area contributed by atoms with Gasteiger partial charge in [0.25, 0.3) is 0 Å². The third-order valence-corrected chi connectivity index (χ3v) is 4.47. The summed E-state index contributed by atoms with van der Waals surface area (Å²) in [6, 6.07) is 7.80. The van der Waals surface area contributed by atoms with Crippen LogP contribution < -0.4 is 16.0 Å². The minimum atomic E-state index is -0.144. The first-order valence-corrected chi connectivity index (χ1v) is 8.91. The molecule has 0 aliphatic heterocycles. The first-order chi connectivity index (χ1) is 11.7. The first-order valence-electron chi connectivity index (χ1n) is 8.03. The molecule has 8 heteroatoms. The second kappa shape index (κ2) is 11.9. The van der Waals surface area contributed by atoms with Gasteiger partial charge in [0.15, 0.2) is 5.96 Å². The molecule has 25 heavy (non-hydrogen) atoms. The number of carbonyl (C=O) groups excluding carboxylic acids is 1. The second-order valence-corrected chi connectivity index (χ2v) is 6.33. The molecule has 138 valence electrons. The molecule has 6 nitrogen and oxygen atoms in total. The van der Waals surface area contributed by atoms with E-state index in [1.807, 2.05) is 13.0 Å². The zero-order chi connectivity index (χ0) is 17.2. The fourth-order valence-corrected chi connectivity index (χ4v) is 2.86. The number of guanidine groups is 1. The third-order valence-electron chi connectivity index (χ3n) is 3.37. The van der Waals surface area contributed by atoms with Crippen molar-refractivity contribution in [3.8, 4) is 0 Å². The second-order valence-electron chi connectivity index (χ2n) is 5.35. The van der Waals surface area contributed by atoms with Gasteiger partial charge in [-0.2, -0.15) is 0 Å². The van der Waals surface area contributed by atoms with Gasteiger partial charge in [-0.15, -0.1) is 35.3 Å². The van der Waals surface area contributed by atoms with Crippen LogP contribution in [-0.2, 0) is 11.3 Å². The lowest BCUT2D eigenvalue weighted by Gasteiger charge is -2.15. The molecular formula is C17H25IN4O2S. The maximum Gasteiger partial charge on any atom is 0.242 e. The van der Waals surface area contributed by atoms with Crippen molar-refractivity contribution in [3.63, 3.8) is 0 Å². The van der Waals surface area contributed by atoms with E-state index in [1.54, 1.807) is 23.7 Å².